The van der Waals surface area contributed by atoms with Gasteiger partial charge >= 0.3 is 0 Å². The Hall–Kier alpha value is -1.20. The van der Waals surface area contributed by atoms with Crippen molar-refractivity contribution in [2.45, 2.75) is 44.7 Å². The molecule has 2 aliphatic rings. The maximum Gasteiger partial charge on any atom is 0.281 e. The Morgan fingerprint density at radius 2 is 2.05 bits per heavy atom. The van der Waals surface area contributed by atoms with Crippen molar-refractivity contribution in [1.29, 1.82) is 0 Å². The van der Waals surface area contributed by atoms with Crippen LogP contribution in [-0.2, 0) is 0 Å². The van der Waals surface area contributed by atoms with Crippen LogP contribution in [0, 0.1) is 6.92 Å². The minimum atomic E-state index is -0.0862. The average Bonchev–Trinajstić information content (AvgIpc) is 2.88. The van der Waals surface area contributed by atoms with Crippen molar-refractivity contribution in [1.82, 2.24) is 10.3 Å². The van der Waals surface area contributed by atoms with E-state index in [-0.39, 0.29) is 5.91 Å². The maximum absolute atomic E-state index is 11.9. The third-order valence-corrected chi connectivity index (χ3v) is 5.21. The van der Waals surface area contributed by atoms with Crippen molar-refractivity contribution >= 4 is 23.0 Å². The number of rotatable bonds is 2. The van der Waals surface area contributed by atoms with E-state index in [0.29, 0.717) is 12.1 Å². The molecule has 0 radical (unpaired) electrons. The summed E-state index contributed by atoms with van der Waals surface area (Å²) < 4.78 is 0. The van der Waals surface area contributed by atoms with E-state index in [4.69, 9.17) is 0 Å². The topological polar surface area (TPSA) is 44.7 Å². The lowest BCUT2D eigenvalue weighted by Crippen LogP contribution is -2.40. The molecule has 0 spiro atoms. The molecule has 1 amide bonds. The monoisotopic (exact) mass is 277 g/mol. The molecule has 0 aliphatic carbocycles. The predicted molar refractivity (Wildman–Crippen MR) is 77.8 cm³/mol. The van der Waals surface area contributed by atoms with E-state index in [1.165, 1.54) is 24.2 Å². The third-order valence-electron chi connectivity index (χ3n) is 4.21. The highest BCUT2D eigenvalue weighted by molar-refractivity contribution is 7.13. The predicted octanol–water partition coefficient (Wildman–Crippen LogP) is 2.40. The summed E-state index contributed by atoms with van der Waals surface area (Å²) in [7, 11) is 2.20. The fraction of sp³-hybridized carbons (Fsp3) is 0.571. The SMILES string of the molecule is Cc1ccc(C(=O)NN=C2C[C@H]3CC[C@@H](C2)N3C)s1. The van der Waals surface area contributed by atoms with Crippen LogP contribution < -0.4 is 5.43 Å². The van der Waals surface area contributed by atoms with Gasteiger partial charge in [0.05, 0.1) is 4.88 Å². The quantitative estimate of drug-likeness (QED) is 0.844. The van der Waals surface area contributed by atoms with Crippen LogP contribution in [0.2, 0.25) is 0 Å². The summed E-state index contributed by atoms with van der Waals surface area (Å²) in [5, 5.41) is 4.34. The Labute approximate surface area is 117 Å². The standard InChI is InChI=1S/C14H19N3OS/c1-9-3-6-13(19-9)14(18)16-15-10-7-11-4-5-12(8-10)17(11)2/h3,6,11-12H,4-5,7-8H2,1-2H3,(H,16,18)/t11-,12+. The highest BCUT2D eigenvalue weighted by Crippen LogP contribution is 2.32. The molecular weight excluding hydrogens is 258 g/mol. The number of piperidine rings is 1. The number of carbonyl (C=O) groups excluding carboxylic acids is 1. The van der Waals surface area contributed by atoms with Gasteiger partial charge in [0.2, 0.25) is 0 Å². The van der Waals surface area contributed by atoms with Crippen molar-refractivity contribution < 1.29 is 4.79 Å². The Bertz CT molecular complexity index is 507. The summed E-state index contributed by atoms with van der Waals surface area (Å²) in [5.41, 5.74) is 3.85. The third kappa shape index (κ3) is 2.58. The lowest BCUT2D eigenvalue weighted by Gasteiger charge is -2.31. The van der Waals surface area contributed by atoms with Gasteiger partial charge in [-0.1, -0.05) is 0 Å². The number of hydrazone groups is 1. The Balaban J connectivity index is 1.63. The normalized spacial score (nSPS) is 28.8. The molecular formula is C14H19N3OS. The highest BCUT2D eigenvalue weighted by Gasteiger charge is 2.36. The van der Waals surface area contributed by atoms with E-state index >= 15 is 0 Å². The van der Waals surface area contributed by atoms with Crippen LogP contribution in [0.15, 0.2) is 17.2 Å². The second-order valence-corrected chi connectivity index (χ2v) is 6.78. The van der Waals surface area contributed by atoms with Gasteiger partial charge in [-0.15, -0.1) is 11.3 Å². The highest BCUT2D eigenvalue weighted by atomic mass is 32.1. The van der Waals surface area contributed by atoms with E-state index in [1.807, 2.05) is 19.1 Å². The van der Waals surface area contributed by atoms with Gasteiger partial charge in [-0.3, -0.25) is 9.69 Å². The number of hydrogen-bond donors (Lipinski definition) is 1. The summed E-state index contributed by atoms with van der Waals surface area (Å²) in [4.78, 5) is 16.3. The summed E-state index contributed by atoms with van der Waals surface area (Å²) in [6, 6.07) is 5.06. The molecule has 0 unspecified atom stereocenters. The number of nitrogens with one attached hydrogen (secondary N) is 1. The van der Waals surface area contributed by atoms with Crippen molar-refractivity contribution in [3.63, 3.8) is 0 Å². The molecule has 102 valence electrons. The number of nitrogens with zero attached hydrogens (tertiary/aromatic N) is 2. The first kappa shape index (κ1) is 12.8. The number of amides is 1. The molecule has 0 aromatic carbocycles. The number of fused-ring (bicyclic) bond motifs is 2. The fourth-order valence-corrected chi connectivity index (χ4v) is 3.80. The minimum Gasteiger partial charge on any atom is -0.300 e. The van der Waals surface area contributed by atoms with Gasteiger partial charge in [-0.05, 0) is 38.9 Å². The van der Waals surface area contributed by atoms with E-state index in [1.54, 1.807) is 0 Å². The van der Waals surface area contributed by atoms with Crippen LogP contribution in [0.1, 0.15) is 40.2 Å². The fourth-order valence-electron chi connectivity index (χ4n) is 3.04. The first-order valence-corrected chi connectivity index (χ1v) is 7.59. The number of carbonyl (C=O) groups is 1. The molecule has 2 bridgehead atoms. The smallest absolute Gasteiger partial charge is 0.281 e. The van der Waals surface area contributed by atoms with Crippen LogP contribution in [-0.4, -0.2) is 35.7 Å². The molecule has 19 heavy (non-hydrogen) atoms. The van der Waals surface area contributed by atoms with Crippen molar-refractivity contribution in [3.05, 3.63) is 21.9 Å². The molecule has 4 nitrogen and oxygen atoms in total. The molecule has 3 heterocycles. The first-order valence-electron chi connectivity index (χ1n) is 6.77. The van der Waals surface area contributed by atoms with E-state index in [2.05, 4.69) is 22.5 Å². The second-order valence-electron chi connectivity index (χ2n) is 5.49. The van der Waals surface area contributed by atoms with E-state index < -0.39 is 0 Å². The van der Waals surface area contributed by atoms with Crippen LogP contribution in [0.5, 0.6) is 0 Å². The molecule has 0 saturated carbocycles. The summed E-state index contributed by atoms with van der Waals surface area (Å²) >= 11 is 1.51. The summed E-state index contributed by atoms with van der Waals surface area (Å²) in [5.74, 6) is -0.0862. The molecule has 2 saturated heterocycles. The van der Waals surface area contributed by atoms with Crippen LogP contribution in [0.25, 0.3) is 0 Å². The summed E-state index contributed by atoms with van der Waals surface area (Å²) in [6.45, 7) is 2.00. The zero-order valence-electron chi connectivity index (χ0n) is 11.3. The van der Waals surface area contributed by atoms with Crippen molar-refractivity contribution in [3.8, 4) is 0 Å². The molecule has 2 fully saturated rings. The zero-order chi connectivity index (χ0) is 13.4. The minimum absolute atomic E-state index is 0.0862. The van der Waals surface area contributed by atoms with Gasteiger partial charge in [-0.2, -0.15) is 5.10 Å². The Morgan fingerprint density at radius 1 is 1.37 bits per heavy atom. The van der Waals surface area contributed by atoms with Gasteiger partial charge in [0.25, 0.3) is 5.91 Å². The van der Waals surface area contributed by atoms with Crippen molar-refractivity contribution in [2.24, 2.45) is 5.10 Å². The number of aryl methyl sites for hydroxylation is 1. The molecule has 2 atom stereocenters. The maximum atomic E-state index is 11.9. The Kier molecular flexibility index (Phi) is 3.41. The van der Waals surface area contributed by atoms with E-state index in [0.717, 1.165) is 28.3 Å². The van der Waals surface area contributed by atoms with Gasteiger partial charge in [0.1, 0.15) is 0 Å². The van der Waals surface area contributed by atoms with Gasteiger partial charge in [-0.25, -0.2) is 5.43 Å². The van der Waals surface area contributed by atoms with Crippen LogP contribution in [0.4, 0.5) is 0 Å². The first-order chi connectivity index (χ1) is 9.13. The van der Waals surface area contributed by atoms with Crippen LogP contribution >= 0.6 is 11.3 Å². The van der Waals surface area contributed by atoms with Gasteiger partial charge in [0.15, 0.2) is 0 Å². The molecule has 3 rings (SSSR count). The zero-order valence-corrected chi connectivity index (χ0v) is 12.2. The molecule has 5 heteroatoms. The Morgan fingerprint density at radius 3 is 2.63 bits per heavy atom. The van der Waals surface area contributed by atoms with Gasteiger partial charge in [0, 0.05) is 35.5 Å². The largest absolute Gasteiger partial charge is 0.300 e. The number of hydrogen-bond acceptors (Lipinski definition) is 4. The lowest BCUT2D eigenvalue weighted by atomic mass is 10.0. The molecule has 1 aromatic heterocycles. The molecule has 1 aromatic rings. The van der Waals surface area contributed by atoms with Gasteiger partial charge < -0.3 is 0 Å². The molecule has 1 N–H and O–H groups in total. The number of thiophene rings is 1. The van der Waals surface area contributed by atoms with E-state index in [9.17, 15) is 4.79 Å². The van der Waals surface area contributed by atoms with Crippen LogP contribution in [0.3, 0.4) is 0 Å². The summed E-state index contributed by atoms with van der Waals surface area (Å²) in [6.07, 6.45) is 4.52. The average molecular weight is 277 g/mol. The molecule has 2 aliphatic heterocycles. The van der Waals surface area contributed by atoms with Crippen molar-refractivity contribution in [2.75, 3.05) is 7.05 Å². The second kappa shape index (κ2) is 5.06. The lowest BCUT2D eigenvalue weighted by molar-refractivity contribution is 0.0958.